The average molecular weight is 382 g/mol. The molecule has 3 N–H and O–H groups in total. The fourth-order valence-corrected chi connectivity index (χ4v) is 2.12. The van der Waals surface area contributed by atoms with Crippen LogP contribution in [0, 0.1) is 0 Å². The van der Waals surface area contributed by atoms with E-state index in [1.54, 1.807) is 39.0 Å². The second-order valence-electron chi connectivity index (χ2n) is 5.79. The van der Waals surface area contributed by atoms with Crippen LogP contribution in [0.4, 0.5) is 10.5 Å². The Kier molecular flexibility index (Phi) is 4.74. The van der Waals surface area contributed by atoms with Crippen molar-refractivity contribution in [3.63, 3.8) is 0 Å². The summed E-state index contributed by atoms with van der Waals surface area (Å²) in [6, 6.07) is 6.59. The van der Waals surface area contributed by atoms with Gasteiger partial charge in [0, 0.05) is 10.0 Å². The summed E-state index contributed by atoms with van der Waals surface area (Å²) in [7, 11) is 0. The normalized spacial score (nSPS) is 11.1. The number of amides is 1. The molecular formula is C15H16BrN3O4. The number of nitrogens with zero attached hydrogens (tertiary/aromatic N) is 1. The Balaban J connectivity index is 2.24. The Bertz CT molecular complexity index is 749. The van der Waals surface area contributed by atoms with Gasteiger partial charge in [0.2, 0.25) is 0 Å². The van der Waals surface area contributed by atoms with E-state index < -0.39 is 17.7 Å². The highest BCUT2D eigenvalue weighted by Crippen LogP contribution is 2.29. The topological polar surface area (TPSA) is 104 Å². The zero-order chi connectivity index (χ0) is 17.2. The SMILES string of the molecule is CC(C)(C)OC(=O)Nc1cc(-c2cc(C(=O)O)[nH]n2)ccc1Br. The quantitative estimate of drug-likeness (QED) is 0.747. The number of aromatic carboxylic acids is 1. The Hall–Kier alpha value is -2.35. The van der Waals surface area contributed by atoms with E-state index >= 15 is 0 Å². The second kappa shape index (κ2) is 6.41. The molecule has 1 heterocycles. The third-order valence-electron chi connectivity index (χ3n) is 2.71. The number of anilines is 1. The van der Waals surface area contributed by atoms with E-state index in [-0.39, 0.29) is 5.69 Å². The lowest BCUT2D eigenvalue weighted by Gasteiger charge is -2.20. The van der Waals surface area contributed by atoms with Crippen molar-refractivity contribution < 1.29 is 19.4 Å². The minimum atomic E-state index is -1.09. The first-order valence-corrected chi connectivity index (χ1v) is 7.53. The summed E-state index contributed by atoms with van der Waals surface area (Å²) in [4.78, 5) is 22.8. The number of carboxylic acids is 1. The van der Waals surface area contributed by atoms with Crippen LogP contribution in [0.3, 0.4) is 0 Å². The molecule has 0 bridgehead atoms. The molecule has 1 aromatic heterocycles. The predicted octanol–water partition coefficient (Wildman–Crippen LogP) is 3.88. The van der Waals surface area contributed by atoms with Crippen molar-refractivity contribution in [3.05, 3.63) is 34.4 Å². The number of hydrogen-bond donors (Lipinski definition) is 3. The maximum Gasteiger partial charge on any atom is 0.412 e. The number of H-pyrrole nitrogens is 1. The number of hydrogen-bond acceptors (Lipinski definition) is 4. The Morgan fingerprint density at radius 2 is 2.00 bits per heavy atom. The van der Waals surface area contributed by atoms with Crippen LogP contribution in [-0.4, -0.2) is 33.0 Å². The summed E-state index contributed by atoms with van der Waals surface area (Å²) >= 11 is 3.35. The van der Waals surface area contributed by atoms with Gasteiger partial charge in [-0.25, -0.2) is 9.59 Å². The summed E-state index contributed by atoms with van der Waals surface area (Å²) in [5, 5.41) is 18.0. The van der Waals surface area contributed by atoms with Crippen LogP contribution in [0.15, 0.2) is 28.7 Å². The number of carboxylic acid groups (broad SMARTS) is 1. The molecule has 0 aliphatic rings. The molecule has 8 heteroatoms. The van der Waals surface area contributed by atoms with Crippen molar-refractivity contribution in [2.24, 2.45) is 0 Å². The molecule has 0 unspecified atom stereocenters. The smallest absolute Gasteiger partial charge is 0.412 e. The summed E-state index contributed by atoms with van der Waals surface area (Å²) in [5.74, 6) is -1.09. The van der Waals surface area contributed by atoms with E-state index in [0.29, 0.717) is 21.4 Å². The number of aromatic amines is 1. The van der Waals surface area contributed by atoms with Gasteiger partial charge in [-0.3, -0.25) is 10.4 Å². The molecule has 0 saturated heterocycles. The van der Waals surface area contributed by atoms with Gasteiger partial charge in [-0.2, -0.15) is 5.10 Å². The van der Waals surface area contributed by atoms with Gasteiger partial charge in [0.15, 0.2) is 0 Å². The highest BCUT2D eigenvalue weighted by atomic mass is 79.9. The largest absolute Gasteiger partial charge is 0.477 e. The summed E-state index contributed by atoms with van der Waals surface area (Å²) in [5.41, 5.74) is 0.999. The van der Waals surface area contributed by atoms with Crippen LogP contribution in [0.5, 0.6) is 0 Å². The first kappa shape index (κ1) is 17.0. The van der Waals surface area contributed by atoms with Crippen molar-refractivity contribution in [2.45, 2.75) is 26.4 Å². The monoisotopic (exact) mass is 381 g/mol. The molecule has 1 amide bonds. The molecule has 0 saturated carbocycles. The number of benzene rings is 1. The molecule has 0 radical (unpaired) electrons. The van der Waals surface area contributed by atoms with E-state index in [4.69, 9.17) is 9.84 Å². The second-order valence-corrected chi connectivity index (χ2v) is 6.65. The van der Waals surface area contributed by atoms with E-state index in [0.717, 1.165) is 0 Å². The zero-order valence-electron chi connectivity index (χ0n) is 12.8. The minimum absolute atomic E-state index is 0.00966. The number of ether oxygens (including phenoxy) is 1. The van der Waals surface area contributed by atoms with Crippen LogP contribution >= 0.6 is 15.9 Å². The lowest BCUT2D eigenvalue weighted by atomic mass is 10.1. The standard InChI is InChI=1S/C15H16BrN3O4/c1-15(2,3)23-14(22)17-11-6-8(4-5-9(11)16)10-7-12(13(20)21)19-18-10/h4-7H,1-3H3,(H,17,22)(H,18,19)(H,20,21). The molecule has 0 fully saturated rings. The molecule has 2 aromatic rings. The van der Waals surface area contributed by atoms with Crippen molar-refractivity contribution in [2.75, 3.05) is 5.32 Å². The number of carbonyl (C=O) groups excluding carboxylic acids is 1. The van der Waals surface area contributed by atoms with Crippen molar-refractivity contribution in [3.8, 4) is 11.3 Å². The highest BCUT2D eigenvalue weighted by molar-refractivity contribution is 9.10. The number of nitrogens with one attached hydrogen (secondary N) is 2. The van der Waals surface area contributed by atoms with Crippen LogP contribution in [0.25, 0.3) is 11.3 Å². The van der Waals surface area contributed by atoms with Gasteiger partial charge in [-0.05, 0) is 54.9 Å². The lowest BCUT2D eigenvalue weighted by Crippen LogP contribution is -2.27. The van der Waals surface area contributed by atoms with E-state index in [1.165, 1.54) is 6.07 Å². The summed E-state index contributed by atoms with van der Waals surface area (Å²) in [6.45, 7) is 5.32. The van der Waals surface area contributed by atoms with Gasteiger partial charge in [0.25, 0.3) is 0 Å². The molecule has 0 aliphatic carbocycles. The van der Waals surface area contributed by atoms with Gasteiger partial charge in [-0.1, -0.05) is 6.07 Å². The molecule has 7 nitrogen and oxygen atoms in total. The van der Waals surface area contributed by atoms with Crippen LogP contribution in [-0.2, 0) is 4.74 Å². The molecule has 23 heavy (non-hydrogen) atoms. The summed E-state index contributed by atoms with van der Waals surface area (Å²) in [6.07, 6.45) is -0.580. The molecule has 122 valence electrons. The van der Waals surface area contributed by atoms with E-state index in [9.17, 15) is 9.59 Å². The third kappa shape index (κ3) is 4.56. The number of rotatable bonds is 3. The first-order valence-electron chi connectivity index (χ1n) is 6.74. The van der Waals surface area contributed by atoms with E-state index in [2.05, 4.69) is 31.4 Å². The average Bonchev–Trinajstić information content (AvgIpc) is 2.89. The number of aromatic nitrogens is 2. The number of carbonyl (C=O) groups is 2. The van der Waals surface area contributed by atoms with Crippen molar-refractivity contribution >= 4 is 33.7 Å². The van der Waals surface area contributed by atoms with Gasteiger partial charge < -0.3 is 9.84 Å². The zero-order valence-corrected chi connectivity index (χ0v) is 14.4. The fourth-order valence-electron chi connectivity index (χ4n) is 1.77. The van der Waals surface area contributed by atoms with Gasteiger partial charge in [-0.15, -0.1) is 0 Å². The predicted molar refractivity (Wildman–Crippen MR) is 88.5 cm³/mol. The lowest BCUT2D eigenvalue weighted by molar-refractivity contribution is 0.0633. The van der Waals surface area contributed by atoms with Crippen molar-refractivity contribution in [1.29, 1.82) is 0 Å². The Labute approximate surface area is 141 Å². The molecule has 1 aromatic carbocycles. The number of halogens is 1. The Morgan fingerprint density at radius 1 is 1.30 bits per heavy atom. The van der Waals surface area contributed by atoms with Gasteiger partial charge >= 0.3 is 12.1 Å². The van der Waals surface area contributed by atoms with Crippen LogP contribution < -0.4 is 5.32 Å². The minimum Gasteiger partial charge on any atom is -0.477 e. The highest BCUT2D eigenvalue weighted by Gasteiger charge is 2.17. The Morgan fingerprint density at radius 3 is 2.57 bits per heavy atom. The van der Waals surface area contributed by atoms with Crippen LogP contribution in [0.1, 0.15) is 31.3 Å². The fraction of sp³-hybridized carbons (Fsp3) is 0.267. The van der Waals surface area contributed by atoms with Crippen LogP contribution in [0.2, 0.25) is 0 Å². The molecule has 0 atom stereocenters. The maximum atomic E-state index is 11.9. The third-order valence-corrected chi connectivity index (χ3v) is 3.40. The van der Waals surface area contributed by atoms with Gasteiger partial charge in [0.1, 0.15) is 11.3 Å². The molecule has 2 rings (SSSR count). The van der Waals surface area contributed by atoms with E-state index in [1.807, 2.05) is 0 Å². The van der Waals surface area contributed by atoms with Gasteiger partial charge in [0.05, 0.1) is 11.4 Å². The molecular weight excluding hydrogens is 366 g/mol. The molecule has 0 spiro atoms. The first-order chi connectivity index (χ1) is 10.7. The van der Waals surface area contributed by atoms with Crippen molar-refractivity contribution in [1.82, 2.24) is 10.2 Å². The summed E-state index contributed by atoms with van der Waals surface area (Å²) < 4.78 is 5.88. The maximum absolute atomic E-state index is 11.9. The molecule has 0 aliphatic heterocycles.